The highest BCUT2D eigenvalue weighted by molar-refractivity contribution is 6.07. The largest absolute Gasteiger partial charge is 0.330 e. The Bertz CT molecular complexity index is 733. The maximum atomic E-state index is 13.4. The van der Waals surface area contributed by atoms with E-state index in [1.165, 1.54) is 18.2 Å². The summed E-state index contributed by atoms with van der Waals surface area (Å²) in [6.07, 6.45) is 0.691. The van der Waals surface area contributed by atoms with Gasteiger partial charge in [-0.2, -0.15) is 0 Å². The van der Waals surface area contributed by atoms with Gasteiger partial charge in [-0.05, 0) is 55.4 Å². The van der Waals surface area contributed by atoms with Gasteiger partial charge in [0.15, 0.2) is 0 Å². The predicted molar refractivity (Wildman–Crippen MR) is 87.7 cm³/mol. The second-order valence-electron chi connectivity index (χ2n) is 5.09. The van der Waals surface area contributed by atoms with Crippen LogP contribution in [0.5, 0.6) is 0 Å². The number of halogens is 2. The third-order valence-electron chi connectivity index (χ3n) is 3.22. The van der Waals surface area contributed by atoms with Crippen LogP contribution in [0.1, 0.15) is 23.2 Å². The van der Waals surface area contributed by atoms with Crippen molar-refractivity contribution < 1.29 is 18.4 Å². The number of carbonyl (C=O) groups excluding carboxylic acids is 2. The first-order valence-corrected chi connectivity index (χ1v) is 7.36. The van der Waals surface area contributed by atoms with Crippen LogP contribution >= 0.6 is 0 Å². The molecule has 126 valence electrons. The maximum absolute atomic E-state index is 13.4. The Morgan fingerprint density at radius 1 is 0.917 bits per heavy atom. The lowest BCUT2D eigenvalue weighted by Gasteiger charge is -2.12. The molecule has 0 aromatic heterocycles. The van der Waals surface area contributed by atoms with E-state index in [1.807, 2.05) is 0 Å². The maximum Gasteiger partial charge on any atom is 0.255 e. The van der Waals surface area contributed by atoms with E-state index >= 15 is 0 Å². The summed E-state index contributed by atoms with van der Waals surface area (Å²) in [7, 11) is 0. The molecule has 24 heavy (non-hydrogen) atoms. The van der Waals surface area contributed by atoms with Gasteiger partial charge < -0.3 is 16.4 Å². The summed E-state index contributed by atoms with van der Waals surface area (Å²) in [5.74, 6) is -1.84. The van der Waals surface area contributed by atoms with Gasteiger partial charge in [-0.3, -0.25) is 9.59 Å². The Kier molecular flexibility index (Phi) is 5.97. The molecule has 0 aliphatic carbocycles. The molecule has 0 aliphatic rings. The first kappa shape index (κ1) is 17.6. The van der Waals surface area contributed by atoms with Crippen molar-refractivity contribution in [3.05, 3.63) is 59.7 Å². The standard InChI is InChI=1S/C17H17F2N3O2/c18-12-5-3-11(4-6-12)17(24)22-14-8-7-13(19)10-15(14)21-16(23)2-1-9-20/h3-8,10H,1-2,9,20H2,(H,21,23)(H,22,24). The number of carbonyl (C=O) groups is 2. The lowest BCUT2D eigenvalue weighted by atomic mass is 10.2. The van der Waals surface area contributed by atoms with Crippen molar-refractivity contribution in [3.63, 3.8) is 0 Å². The van der Waals surface area contributed by atoms with Gasteiger partial charge >= 0.3 is 0 Å². The molecule has 0 fully saturated rings. The highest BCUT2D eigenvalue weighted by Gasteiger charge is 2.12. The molecule has 7 heteroatoms. The van der Waals surface area contributed by atoms with Crippen LogP contribution < -0.4 is 16.4 Å². The summed E-state index contributed by atoms with van der Waals surface area (Å²) >= 11 is 0. The van der Waals surface area contributed by atoms with Gasteiger partial charge in [-0.1, -0.05) is 0 Å². The fraction of sp³-hybridized carbons (Fsp3) is 0.176. The molecule has 0 saturated heterocycles. The van der Waals surface area contributed by atoms with E-state index < -0.39 is 17.5 Å². The minimum atomic E-state index is -0.552. The summed E-state index contributed by atoms with van der Waals surface area (Å²) in [4.78, 5) is 23.9. The van der Waals surface area contributed by atoms with Crippen LogP contribution in [-0.4, -0.2) is 18.4 Å². The SMILES string of the molecule is NCCCC(=O)Nc1cc(F)ccc1NC(=O)c1ccc(F)cc1. The minimum Gasteiger partial charge on any atom is -0.330 e. The van der Waals surface area contributed by atoms with E-state index in [2.05, 4.69) is 10.6 Å². The Morgan fingerprint density at radius 2 is 1.58 bits per heavy atom. The van der Waals surface area contributed by atoms with Crippen LogP contribution in [0, 0.1) is 11.6 Å². The quantitative estimate of drug-likeness (QED) is 0.760. The van der Waals surface area contributed by atoms with Gasteiger partial charge in [-0.25, -0.2) is 8.78 Å². The van der Waals surface area contributed by atoms with Crippen molar-refractivity contribution in [1.29, 1.82) is 0 Å². The molecule has 0 radical (unpaired) electrons. The molecule has 2 aromatic rings. The van der Waals surface area contributed by atoms with Gasteiger partial charge in [0, 0.05) is 12.0 Å². The van der Waals surface area contributed by atoms with E-state index in [0.29, 0.717) is 13.0 Å². The zero-order valence-electron chi connectivity index (χ0n) is 12.8. The molecule has 0 bridgehead atoms. The van der Waals surface area contributed by atoms with Crippen LogP contribution in [-0.2, 0) is 4.79 Å². The topological polar surface area (TPSA) is 84.2 Å². The number of amides is 2. The fourth-order valence-electron chi connectivity index (χ4n) is 2.00. The number of rotatable bonds is 6. The number of hydrogen-bond acceptors (Lipinski definition) is 3. The fourth-order valence-corrected chi connectivity index (χ4v) is 2.00. The first-order valence-electron chi connectivity index (χ1n) is 7.36. The summed E-state index contributed by atoms with van der Waals surface area (Å²) in [6, 6.07) is 8.59. The van der Waals surface area contributed by atoms with E-state index in [4.69, 9.17) is 5.73 Å². The summed E-state index contributed by atoms with van der Waals surface area (Å²) < 4.78 is 26.3. The number of benzene rings is 2. The molecule has 2 rings (SSSR count). The number of anilines is 2. The van der Waals surface area contributed by atoms with Gasteiger partial charge in [0.05, 0.1) is 11.4 Å². The first-order chi connectivity index (χ1) is 11.5. The van der Waals surface area contributed by atoms with Crippen molar-refractivity contribution in [3.8, 4) is 0 Å². The molecule has 5 nitrogen and oxygen atoms in total. The Morgan fingerprint density at radius 3 is 2.25 bits per heavy atom. The average Bonchev–Trinajstić information content (AvgIpc) is 2.56. The number of hydrogen-bond donors (Lipinski definition) is 3. The predicted octanol–water partition coefficient (Wildman–Crippen LogP) is 2.89. The van der Waals surface area contributed by atoms with Crippen LogP contribution in [0.2, 0.25) is 0 Å². The lowest BCUT2D eigenvalue weighted by Crippen LogP contribution is -2.17. The van der Waals surface area contributed by atoms with E-state index in [1.54, 1.807) is 0 Å². The molecule has 2 aromatic carbocycles. The number of nitrogens with two attached hydrogens (primary N) is 1. The molecule has 0 heterocycles. The highest BCUT2D eigenvalue weighted by atomic mass is 19.1. The molecule has 0 aliphatic heterocycles. The van der Waals surface area contributed by atoms with Crippen LogP contribution in [0.4, 0.5) is 20.2 Å². The zero-order chi connectivity index (χ0) is 17.5. The zero-order valence-corrected chi connectivity index (χ0v) is 12.8. The van der Waals surface area contributed by atoms with Gasteiger partial charge in [0.2, 0.25) is 5.91 Å². The molecule has 4 N–H and O–H groups in total. The molecule has 0 saturated carbocycles. The minimum absolute atomic E-state index is 0.146. The van der Waals surface area contributed by atoms with E-state index in [-0.39, 0.29) is 29.3 Å². The Labute approximate surface area is 137 Å². The van der Waals surface area contributed by atoms with Gasteiger partial charge in [0.25, 0.3) is 5.91 Å². The smallest absolute Gasteiger partial charge is 0.255 e. The molecule has 0 atom stereocenters. The van der Waals surface area contributed by atoms with Crippen molar-refractivity contribution in [1.82, 2.24) is 0 Å². The van der Waals surface area contributed by atoms with Crippen molar-refractivity contribution in [2.75, 3.05) is 17.2 Å². The van der Waals surface area contributed by atoms with Crippen molar-refractivity contribution >= 4 is 23.2 Å². The average molecular weight is 333 g/mol. The van der Waals surface area contributed by atoms with Gasteiger partial charge in [-0.15, -0.1) is 0 Å². The van der Waals surface area contributed by atoms with Crippen molar-refractivity contribution in [2.24, 2.45) is 5.73 Å². The molecule has 2 amide bonds. The van der Waals surface area contributed by atoms with E-state index in [0.717, 1.165) is 24.3 Å². The second kappa shape index (κ2) is 8.16. The third kappa shape index (κ3) is 4.85. The molecular formula is C17H17F2N3O2. The Balaban J connectivity index is 2.15. The Hall–Kier alpha value is -2.80. The summed E-state index contributed by atoms with van der Waals surface area (Å²) in [6.45, 7) is 0.366. The second-order valence-corrected chi connectivity index (χ2v) is 5.09. The van der Waals surface area contributed by atoms with Crippen LogP contribution in [0.3, 0.4) is 0 Å². The molecule has 0 unspecified atom stereocenters. The summed E-state index contributed by atoms with van der Waals surface area (Å²) in [5.41, 5.74) is 5.97. The monoisotopic (exact) mass is 333 g/mol. The third-order valence-corrected chi connectivity index (χ3v) is 3.22. The molecule has 0 spiro atoms. The highest BCUT2D eigenvalue weighted by Crippen LogP contribution is 2.24. The van der Waals surface area contributed by atoms with E-state index in [9.17, 15) is 18.4 Å². The number of nitrogens with one attached hydrogen (secondary N) is 2. The van der Waals surface area contributed by atoms with Gasteiger partial charge in [0.1, 0.15) is 11.6 Å². The van der Waals surface area contributed by atoms with Crippen LogP contribution in [0.25, 0.3) is 0 Å². The van der Waals surface area contributed by atoms with Crippen LogP contribution in [0.15, 0.2) is 42.5 Å². The molecular weight excluding hydrogens is 316 g/mol. The van der Waals surface area contributed by atoms with Crippen molar-refractivity contribution in [2.45, 2.75) is 12.8 Å². The normalized spacial score (nSPS) is 10.3. The lowest BCUT2D eigenvalue weighted by molar-refractivity contribution is -0.116. The summed E-state index contributed by atoms with van der Waals surface area (Å²) in [5, 5.41) is 5.11.